The van der Waals surface area contributed by atoms with Crippen LogP contribution in [-0.2, 0) is 0 Å². The van der Waals surface area contributed by atoms with E-state index in [0.717, 1.165) is 18.8 Å². The Bertz CT molecular complexity index is 408. The number of nitrogens with zero attached hydrogens (tertiary/aromatic N) is 3. The van der Waals surface area contributed by atoms with Crippen LogP contribution in [-0.4, -0.2) is 47.9 Å². The van der Waals surface area contributed by atoms with Crippen molar-refractivity contribution in [1.29, 1.82) is 0 Å². The Morgan fingerprint density at radius 2 is 2.29 bits per heavy atom. The Hall–Kier alpha value is -1.56. The molecule has 6 heteroatoms. The fourth-order valence-electron chi connectivity index (χ4n) is 2.08. The predicted molar refractivity (Wildman–Crippen MR) is 65.6 cm³/mol. The zero-order chi connectivity index (χ0) is 12.5. The number of β-amino-alcohol motifs (C(OH)–C–C–N with tert-alkyl or cyclic N) is 1. The molecule has 0 aromatic carbocycles. The highest BCUT2D eigenvalue weighted by molar-refractivity contribution is 5.65. The van der Waals surface area contributed by atoms with E-state index >= 15 is 0 Å². The van der Waals surface area contributed by atoms with E-state index in [-0.39, 0.29) is 0 Å². The van der Waals surface area contributed by atoms with Crippen molar-refractivity contribution < 1.29 is 9.84 Å². The molecule has 0 aliphatic carbocycles. The molecule has 2 heterocycles. The summed E-state index contributed by atoms with van der Waals surface area (Å²) < 4.78 is 5.34. The summed E-state index contributed by atoms with van der Waals surface area (Å²) in [6, 6.07) is 0. The average molecular weight is 238 g/mol. The summed E-state index contributed by atoms with van der Waals surface area (Å²) >= 11 is 0. The van der Waals surface area contributed by atoms with Crippen LogP contribution in [0.25, 0.3) is 0 Å². The highest BCUT2D eigenvalue weighted by atomic mass is 16.5. The first-order valence-electron chi connectivity index (χ1n) is 5.61. The zero-order valence-electron chi connectivity index (χ0n) is 10.4. The fourth-order valence-corrected chi connectivity index (χ4v) is 2.08. The first-order chi connectivity index (χ1) is 8.07. The average Bonchev–Trinajstić information content (AvgIpc) is 2.68. The molecule has 1 aromatic rings. The Kier molecular flexibility index (Phi) is 3.06. The van der Waals surface area contributed by atoms with Gasteiger partial charge in [-0.3, -0.25) is 0 Å². The van der Waals surface area contributed by atoms with Crippen molar-refractivity contribution in [3.63, 3.8) is 0 Å². The first-order valence-corrected chi connectivity index (χ1v) is 5.61. The van der Waals surface area contributed by atoms with Crippen molar-refractivity contribution in [1.82, 2.24) is 9.97 Å². The molecule has 2 rings (SSSR count). The van der Waals surface area contributed by atoms with Crippen molar-refractivity contribution in [2.75, 3.05) is 37.5 Å². The van der Waals surface area contributed by atoms with E-state index < -0.39 is 5.60 Å². The molecule has 1 saturated heterocycles. The van der Waals surface area contributed by atoms with Gasteiger partial charge in [-0.15, -0.1) is 0 Å². The number of nitrogens with one attached hydrogen (secondary N) is 1. The van der Waals surface area contributed by atoms with Gasteiger partial charge in [-0.1, -0.05) is 0 Å². The van der Waals surface area contributed by atoms with Gasteiger partial charge in [-0.05, 0) is 13.3 Å². The summed E-state index contributed by atoms with van der Waals surface area (Å²) in [5.74, 6) is 2.00. The van der Waals surface area contributed by atoms with E-state index in [1.807, 2.05) is 11.8 Å². The maximum absolute atomic E-state index is 9.97. The summed E-state index contributed by atoms with van der Waals surface area (Å²) in [7, 11) is 3.38. The number of methoxy groups -OCH3 is 1. The standard InChI is InChI=1S/C11H18N4O2/c1-11(16)4-5-15(6-11)10-8(17-3)9(12-2)13-7-14-10/h7,16H,4-6H2,1-3H3,(H,12,13,14). The number of aliphatic hydroxyl groups is 1. The maximum atomic E-state index is 9.97. The van der Waals surface area contributed by atoms with Crippen LogP contribution in [0.5, 0.6) is 5.75 Å². The third-order valence-corrected chi connectivity index (χ3v) is 2.98. The summed E-state index contributed by atoms with van der Waals surface area (Å²) in [5, 5.41) is 12.9. The largest absolute Gasteiger partial charge is 0.490 e. The van der Waals surface area contributed by atoms with Crippen LogP contribution in [0.4, 0.5) is 11.6 Å². The molecule has 1 aliphatic rings. The van der Waals surface area contributed by atoms with Crippen LogP contribution in [0.2, 0.25) is 0 Å². The lowest BCUT2D eigenvalue weighted by atomic mass is 10.1. The molecule has 1 aromatic heterocycles. The van der Waals surface area contributed by atoms with Crippen molar-refractivity contribution in [2.24, 2.45) is 0 Å². The molecule has 0 radical (unpaired) electrons. The van der Waals surface area contributed by atoms with Crippen LogP contribution in [0.15, 0.2) is 6.33 Å². The summed E-state index contributed by atoms with van der Waals surface area (Å²) in [6.45, 7) is 3.16. The SMILES string of the molecule is CNc1ncnc(N2CCC(C)(O)C2)c1OC. The number of hydrogen-bond donors (Lipinski definition) is 2. The van der Waals surface area contributed by atoms with E-state index in [9.17, 15) is 5.11 Å². The van der Waals surface area contributed by atoms with Gasteiger partial charge in [0.05, 0.1) is 12.7 Å². The number of ether oxygens (including phenoxy) is 1. The number of anilines is 2. The van der Waals surface area contributed by atoms with Crippen molar-refractivity contribution in [3.8, 4) is 5.75 Å². The van der Waals surface area contributed by atoms with Gasteiger partial charge in [0.2, 0.25) is 5.75 Å². The van der Waals surface area contributed by atoms with E-state index in [2.05, 4.69) is 15.3 Å². The molecular weight excluding hydrogens is 220 g/mol. The summed E-state index contributed by atoms with van der Waals surface area (Å²) in [5.41, 5.74) is -0.657. The van der Waals surface area contributed by atoms with E-state index in [0.29, 0.717) is 18.1 Å². The van der Waals surface area contributed by atoms with Crippen LogP contribution < -0.4 is 15.0 Å². The van der Waals surface area contributed by atoms with Gasteiger partial charge in [0, 0.05) is 20.1 Å². The van der Waals surface area contributed by atoms with Crippen LogP contribution in [0.3, 0.4) is 0 Å². The van der Waals surface area contributed by atoms with Gasteiger partial charge in [0.1, 0.15) is 6.33 Å². The highest BCUT2D eigenvalue weighted by Crippen LogP contribution is 2.35. The molecule has 94 valence electrons. The molecule has 2 N–H and O–H groups in total. The topological polar surface area (TPSA) is 70.5 Å². The molecule has 6 nitrogen and oxygen atoms in total. The second-order valence-corrected chi connectivity index (χ2v) is 4.50. The molecule has 0 amide bonds. The molecule has 0 saturated carbocycles. The first kappa shape index (κ1) is 11.9. The summed E-state index contributed by atoms with van der Waals surface area (Å²) in [6.07, 6.45) is 2.23. The number of rotatable bonds is 3. The van der Waals surface area contributed by atoms with Gasteiger partial charge < -0.3 is 20.1 Å². The third-order valence-electron chi connectivity index (χ3n) is 2.98. The van der Waals surface area contributed by atoms with Crippen molar-refractivity contribution in [2.45, 2.75) is 18.9 Å². The third kappa shape index (κ3) is 2.26. The fraction of sp³-hybridized carbons (Fsp3) is 0.636. The van der Waals surface area contributed by atoms with Crippen LogP contribution >= 0.6 is 0 Å². The van der Waals surface area contributed by atoms with E-state index in [1.54, 1.807) is 14.2 Å². The lowest BCUT2D eigenvalue weighted by Gasteiger charge is -2.22. The highest BCUT2D eigenvalue weighted by Gasteiger charge is 2.33. The van der Waals surface area contributed by atoms with Gasteiger partial charge in [-0.2, -0.15) is 0 Å². The molecule has 1 atom stereocenters. The molecule has 17 heavy (non-hydrogen) atoms. The predicted octanol–water partition coefficient (Wildman–Crippen LogP) is 0.488. The van der Waals surface area contributed by atoms with Crippen molar-refractivity contribution >= 4 is 11.6 Å². The maximum Gasteiger partial charge on any atom is 0.204 e. The quantitative estimate of drug-likeness (QED) is 0.798. The zero-order valence-corrected chi connectivity index (χ0v) is 10.4. The van der Waals surface area contributed by atoms with E-state index in [1.165, 1.54) is 6.33 Å². The monoisotopic (exact) mass is 238 g/mol. The lowest BCUT2D eigenvalue weighted by molar-refractivity contribution is 0.0838. The Balaban J connectivity index is 2.33. The minimum absolute atomic E-state index is 0.559. The van der Waals surface area contributed by atoms with Gasteiger partial charge in [-0.25, -0.2) is 9.97 Å². The number of aromatic nitrogens is 2. The second-order valence-electron chi connectivity index (χ2n) is 4.50. The molecular formula is C11H18N4O2. The lowest BCUT2D eigenvalue weighted by Crippen LogP contribution is -2.30. The minimum atomic E-state index is -0.657. The number of hydrogen-bond acceptors (Lipinski definition) is 6. The van der Waals surface area contributed by atoms with Gasteiger partial charge >= 0.3 is 0 Å². The summed E-state index contributed by atoms with van der Waals surface area (Å²) in [4.78, 5) is 10.4. The normalized spacial score (nSPS) is 23.9. The Morgan fingerprint density at radius 1 is 1.53 bits per heavy atom. The molecule has 1 unspecified atom stereocenters. The van der Waals surface area contributed by atoms with Crippen LogP contribution in [0.1, 0.15) is 13.3 Å². The second kappa shape index (κ2) is 4.37. The molecule has 0 bridgehead atoms. The van der Waals surface area contributed by atoms with Crippen molar-refractivity contribution in [3.05, 3.63) is 6.33 Å². The smallest absolute Gasteiger partial charge is 0.204 e. The molecule has 1 fully saturated rings. The Labute approximate surface area is 101 Å². The van der Waals surface area contributed by atoms with Gasteiger partial charge in [0.15, 0.2) is 11.6 Å². The van der Waals surface area contributed by atoms with E-state index in [4.69, 9.17) is 4.74 Å². The molecule has 1 aliphatic heterocycles. The molecule has 0 spiro atoms. The Morgan fingerprint density at radius 3 is 2.82 bits per heavy atom. The van der Waals surface area contributed by atoms with Crippen LogP contribution in [0, 0.1) is 0 Å². The minimum Gasteiger partial charge on any atom is -0.490 e. The van der Waals surface area contributed by atoms with Gasteiger partial charge in [0.25, 0.3) is 0 Å².